The molecule has 2 amide bonds. The molecule has 2 aliphatic rings. The molecule has 1 aromatic carbocycles. The van der Waals surface area contributed by atoms with Crippen molar-refractivity contribution in [1.82, 2.24) is 14.7 Å². The van der Waals surface area contributed by atoms with Gasteiger partial charge < -0.3 is 14.5 Å². The number of sulfone groups is 1. The zero-order chi connectivity index (χ0) is 23.0. The minimum Gasteiger partial charge on any atom is -0.482 e. The summed E-state index contributed by atoms with van der Waals surface area (Å²) in [6, 6.07) is 7.14. The molecule has 0 bridgehead atoms. The van der Waals surface area contributed by atoms with E-state index in [0.717, 1.165) is 17.0 Å². The van der Waals surface area contributed by atoms with E-state index in [4.69, 9.17) is 4.74 Å². The van der Waals surface area contributed by atoms with Crippen LogP contribution >= 0.6 is 0 Å². The second-order valence-corrected chi connectivity index (χ2v) is 10.7. The fourth-order valence-electron chi connectivity index (χ4n) is 4.37. The van der Waals surface area contributed by atoms with Crippen LogP contribution in [-0.4, -0.2) is 66.6 Å². The number of benzene rings is 1. The third-order valence-corrected chi connectivity index (χ3v) is 7.96. The molecule has 1 aromatic heterocycles. The van der Waals surface area contributed by atoms with Gasteiger partial charge in [-0.3, -0.25) is 14.3 Å². The zero-order valence-corrected chi connectivity index (χ0v) is 19.4. The number of carbonyl (C=O) groups excluding carboxylic acids is 2. The van der Waals surface area contributed by atoms with Gasteiger partial charge in [0, 0.05) is 37.8 Å². The molecule has 0 spiro atoms. The number of aryl methyl sites for hydroxylation is 1. The molecule has 4 rings (SSSR count). The molecule has 10 heteroatoms. The molecule has 172 valence electrons. The van der Waals surface area contributed by atoms with Gasteiger partial charge in [-0.05, 0) is 32.4 Å². The highest BCUT2D eigenvalue weighted by Gasteiger charge is 2.32. The summed E-state index contributed by atoms with van der Waals surface area (Å²) in [5.41, 5.74) is 3.29. The smallest absolute Gasteiger partial charge is 0.265 e. The summed E-state index contributed by atoms with van der Waals surface area (Å²) < 4.78 is 31.0. The summed E-state index contributed by atoms with van der Waals surface area (Å²) in [5.74, 6) is 0.682. The lowest BCUT2D eigenvalue weighted by molar-refractivity contribution is -0.130. The van der Waals surface area contributed by atoms with Crippen molar-refractivity contribution in [3.05, 3.63) is 41.2 Å². The van der Waals surface area contributed by atoms with Crippen molar-refractivity contribution in [2.24, 2.45) is 0 Å². The van der Waals surface area contributed by atoms with Crippen molar-refractivity contribution in [2.75, 3.05) is 36.6 Å². The van der Waals surface area contributed by atoms with Crippen LogP contribution < -0.4 is 9.64 Å². The number of para-hydroxylation sites is 2. The van der Waals surface area contributed by atoms with Crippen molar-refractivity contribution in [3.8, 4) is 5.75 Å². The highest BCUT2D eigenvalue weighted by Crippen LogP contribution is 2.31. The number of aromatic nitrogens is 2. The molecule has 1 saturated heterocycles. The van der Waals surface area contributed by atoms with Crippen LogP contribution in [0.1, 0.15) is 35.8 Å². The van der Waals surface area contributed by atoms with Gasteiger partial charge in [0.05, 0.1) is 28.9 Å². The monoisotopic (exact) mass is 460 g/mol. The third-order valence-electron chi connectivity index (χ3n) is 6.21. The van der Waals surface area contributed by atoms with E-state index in [2.05, 4.69) is 5.10 Å². The minimum absolute atomic E-state index is 0.0322. The van der Waals surface area contributed by atoms with E-state index in [1.165, 1.54) is 0 Å². The maximum atomic E-state index is 12.8. The van der Waals surface area contributed by atoms with Crippen LogP contribution in [-0.2, 0) is 26.0 Å². The van der Waals surface area contributed by atoms with Crippen molar-refractivity contribution >= 4 is 27.3 Å². The number of hydrogen-bond donors (Lipinski definition) is 0. The Morgan fingerprint density at radius 1 is 1.28 bits per heavy atom. The lowest BCUT2D eigenvalue weighted by Gasteiger charge is -2.29. The quantitative estimate of drug-likeness (QED) is 0.649. The van der Waals surface area contributed by atoms with Crippen LogP contribution in [0.2, 0.25) is 0 Å². The second kappa shape index (κ2) is 8.57. The van der Waals surface area contributed by atoms with Crippen molar-refractivity contribution in [1.29, 1.82) is 0 Å². The number of rotatable bonds is 6. The molecule has 0 unspecified atom stereocenters. The maximum absolute atomic E-state index is 12.8. The predicted octanol–water partition coefficient (Wildman–Crippen LogP) is 1.63. The Bertz CT molecular complexity index is 1160. The molecule has 2 aliphatic heterocycles. The number of amides is 2. The first kappa shape index (κ1) is 22.3. The Balaban J connectivity index is 1.41. The topological polar surface area (TPSA) is 102 Å². The van der Waals surface area contributed by atoms with E-state index >= 15 is 0 Å². The lowest BCUT2D eigenvalue weighted by Crippen LogP contribution is -2.41. The number of nitrogens with zero attached hydrogens (tertiary/aromatic N) is 4. The van der Waals surface area contributed by atoms with Gasteiger partial charge in [0.2, 0.25) is 5.91 Å². The largest absolute Gasteiger partial charge is 0.482 e. The molecule has 1 fully saturated rings. The first-order valence-electron chi connectivity index (χ1n) is 10.7. The highest BCUT2D eigenvalue weighted by atomic mass is 32.2. The van der Waals surface area contributed by atoms with Crippen LogP contribution in [0, 0.1) is 13.8 Å². The zero-order valence-electron chi connectivity index (χ0n) is 18.6. The van der Waals surface area contributed by atoms with Crippen LogP contribution in [0.5, 0.6) is 5.75 Å². The molecule has 32 heavy (non-hydrogen) atoms. The van der Waals surface area contributed by atoms with Crippen LogP contribution in [0.4, 0.5) is 5.69 Å². The Morgan fingerprint density at radius 3 is 2.75 bits per heavy atom. The number of ether oxygens (including phenoxy) is 1. The van der Waals surface area contributed by atoms with Gasteiger partial charge in [-0.2, -0.15) is 5.10 Å². The van der Waals surface area contributed by atoms with Crippen molar-refractivity contribution in [2.45, 2.75) is 39.3 Å². The van der Waals surface area contributed by atoms with Gasteiger partial charge in [-0.25, -0.2) is 8.42 Å². The molecule has 0 radical (unpaired) electrons. The van der Waals surface area contributed by atoms with Crippen LogP contribution in [0.15, 0.2) is 24.3 Å². The lowest BCUT2D eigenvalue weighted by atomic mass is 10.1. The molecular formula is C22H28N4O5S. The Kier molecular flexibility index (Phi) is 5.98. The van der Waals surface area contributed by atoms with Gasteiger partial charge >= 0.3 is 0 Å². The third kappa shape index (κ3) is 4.36. The van der Waals surface area contributed by atoms with Crippen LogP contribution in [0.25, 0.3) is 0 Å². The molecule has 0 aliphatic carbocycles. The summed E-state index contributed by atoms with van der Waals surface area (Å²) >= 11 is 0. The Labute approximate surface area is 187 Å². The molecule has 3 heterocycles. The Hall–Kier alpha value is -2.88. The molecule has 0 N–H and O–H groups in total. The normalized spacial score (nSPS) is 19.5. The molecule has 9 nitrogen and oxygen atoms in total. The van der Waals surface area contributed by atoms with E-state index in [1.54, 1.807) is 21.5 Å². The van der Waals surface area contributed by atoms with Crippen molar-refractivity contribution < 1.29 is 22.7 Å². The van der Waals surface area contributed by atoms with Gasteiger partial charge in [-0.1, -0.05) is 12.1 Å². The maximum Gasteiger partial charge on any atom is 0.265 e. The highest BCUT2D eigenvalue weighted by molar-refractivity contribution is 7.91. The summed E-state index contributed by atoms with van der Waals surface area (Å²) in [5, 5.41) is 4.57. The molecule has 0 saturated carbocycles. The number of anilines is 1. The minimum atomic E-state index is -3.01. The first-order chi connectivity index (χ1) is 15.2. The standard InChI is InChI=1S/C22H28N4O5S/c1-15-18(16(2)26(23-15)17-9-11-32(29,30)14-17)12-24(3)21(27)8-10-25-19-6-4-5-7-20(19)31-13-22(25)28/h4-7,17H,8-14H2,1-3H3/t17-/m1/s1. The first-order valence-corrected chi connectivity index (χ1v) is 12.5. The van der Waals surface area contributed by atoms with E-state index < -0.39 is 9.84 Å². The number of fused-ring (bicyclic) bond motifs is 1. The fourth-order valence-corrected chi connectivity index (χ4v) is 6.06. The average molecular weight is 461 g/mol. The predicted molar refractivity (Wildman–Crippen MR) is 119 cm³/mol. The van der Waals surface area contributed by atoms with E-state index in [0.29, 0.717) is 24.4 Å². The average Bonchev–Trinajstić information content (AvgIpc) is 3.26. The van der Waals surface area contributed by atoms with E-state index in [1.807, 2.05) is 38.1 Å². The number of carbonyl (C=O) groups is 2. The van der Waals surface area contributed by atoms with Crippen LogP contribution in [0.3, 0.4) is 0 Å². The van der Waals surface area contributed by atoms with Gasteiger partial charge in [0.15, 0.2) is 16.4 Å². The Morgan fingerprint density at radius 2 is 2.03 bits per heavy atom. The number of hydrogen-bond acceptors (Lipinski definition) is 6. The summed E-state index contributed by atoms with van der Waals surface area (Å²) in [6.45, 7) is 4.42. The van der Waals surface area contributed by atoms with Gasteiger partial charge in [0.1, 0.15) is 5.75 Å². The van der Waals surface area contributed by atoms with E-state index in [9.17, 15) is 18.0 Å². The molecular weight excluding hydrogens is 432 g/mol. The second-order valence-electron chi connectivity index (χ2n) is 8.45. The van der Waals surface area contributed by atoms with E-state index in [-0.39, 0.29) is 48.9 Å². The summed E-state index contributed by atoms with van der Waals surface area (Å²) in [6.07, 6.45) is 0.747. The molecule has 2 aromatic rings. The summed E-state index contributed by atoms with van der Waals surface area (Å²) in [7, 11) is -1.28. The molecule has 1 atom stereocenters. The van der Waals surface area contributed by atoms with Gasteiger partial charge in [0.25, 0.3) is 5.91 Å². The fraction of sp³-hybridized carbons (Fsp3) is 0.500. The van der Waals surface area contributed by atoms with Gasteiger partial charge in [-0.15, -0.1) is 0 Å². The SMILES string of the molecule is Cc1nn([C@@H]2CCS(=O)(=O)C2)c(C)c1CN(C)C(=O)CCN1C(=O)COc2ccccc21. The summed E-state index contributed by atoms with van der Waals surface area (Å²) in [4.78, 5) is 28.4. The van der Waals surface area contributed by atoms with Crippen molar-refractivity contribution in [3.63, 3.8) is 0 Å².